The quantitative estimate of drug-likeness (QED) is 0.721. The van der Waals surface area contributed by atoms with Gasteiger partial charge >= 0.3 is 6.18 Å². The van der Waals surface area contributed by atoms with Crippen LogP contribution < -0.4 is 15.4 Å². The lowest BCUT2D eigenvalue weighted by atomic mass is 10.1. The van der Waals surface area contributed by atoms with Gasteiger partial charge in [-0.3, -0.25) is 9.59 Å². The fourth-order valence-corrected chi connectivity index (χ4v) is 2.62. The number of aryl methyl sites for hydroxylation is 1. The minimum atomic E-state index is -4.73. The van der Waals surface area contributed by atoms with Gasteiger partial charge in [0.15, 0.2) is 6.10 Å². The first-order chi connectivity index (χ1) is 13.0. The summed E-state index contributed by atoms with van der Waals surface area (Å²) in [7, 11) is 0. The highest BCUT2D eigenvalue weighted by Crippen LogP contribution is 2.36. The number of alkyl halides is 3. The second-order valence-corrected chi connectivity index (χ2v) is 6.53. The normalized spacial score (nSPS) is 12.2. The topological polar surface area (TPSA) is 67.4 Å². The van der Waals surface area contributed by atoms with Crippen molar-refractivity contribution in [2.24, 2.45) is 0 Å². The molecule has 0 aliphatic carbocycles. The van der Waals surface area contributed by atoms with Crippen molar-refractivity contribution < 1.29 is 27.5 Å². The van der Waals surface area contributed by atoms with Crippen LogP contribution in [0, 0.1) is 6.92 Å². The Kier molecular flexibility index (Phi) is 6.56. The summed E-state index contributed by atoms with van der Waals surface area (Å²) in [5.74, 6) is -0.874. The lowest BCUT2D eigenvalue weighted by Crippen LogP contribution is -2.31. The van der Waals surface area contributed by atoms with Gasteiger partial charge in [0.1, 0.15) is 5.75 Å². The van der Waals surface area contributed by atoms with Crippen LogP contribution in [0.2, 0.25) is 5.02 Å². The van der Waals surface area contributed by atoms with Gasteiger partial charge in [0.2, 0.25) is 5.91 Å². The molecule has 5 nitrogen and oxygen atoms in total. The first kappa shape index (κ1) is 21.6. The van der Waals surface area contributed by atoms with Crippen LogP contribution in [0.25, 0.3) is 0 Å². The lowest BCUT2D eigenvalue weighted by Gasteiger charge is -2.19. The van der Waals surface area contributed by atoms with E-state index in [1.807, 2.05) is 0 Å². The van der Waals surface area contributed by atoms with E-state index >= 15 is 0 Å². The number of anilines is 2. The van der Waals surface area contributed by atoms with Gasteiger partial charge in [-0.2, -0.15) is 13.2 Å². The molecule has 2 aromatic rings. The highest BCUT2D eigenvalue weighted by atomic mass is 35.5. The maximum atomic E-state index is 13.3. The number of amides is 2. The Balaban J connectivity index is 2.20. The minimum Gasteiger partial charge on any atom is -0.481 e. The van der Waals surface area contributed by atoms with E-state index in [-0.39, 0.29) is 5.69 Å². The minimum absolute atomic E-state index is 0.0288. The molecule has 0 bridgehead atoms. The van der Waals surface area contributed by atoms with E-state index < -0.39 is 35.3 Å². The molecule has 9 heteroatoms. The average molecular weight is 415 g/mol. The Labute approximate surface area is 164 Å². The molecule has 2 N–H and O–H groups in total. The number of hydrogen-bond acceptors (Lipinski definition) is 3. The van der Waals surface area contributed by atoms with Crippen molar-refractivity contribution in [3.63, 3.8) is 0 Å². The summed E-state index contributed by atoms with van der Waals surface area (Å²) in [5, 5.41) is 5.00. The van der Waals surface area contributed by atoms with Crippen LogP contribution in [-0.4, -0.2) is 17.9 Å². The summed E-state index contributed by atoms with van der Waals surface area (Å²) in [6.07, 6.45) is -5.79. The molecule has 28 heavy (non-hydrogen) atoms. The zero-order valence-corrected chi connectivity index (χ0v) is 16.0. The lowest BCUT2D eigenvalue weighted by molar-refractivity contribution is -0.137. The zero-order chi connectivity index (χ0) is 21.1. The summed E-state index contributed by atoms with van der Waals surface area (Å²) >= 11 is 5.86. The molecule has 2 aromatic carbocycles. The van der Waals surface area contributed by atoms with E-state index in [4.69, 9.17) is 16.3 Å². The van der Waals surface area contributed by atoms with Gasteiger partial charge < -0.3 is 15.4 Å². The highest BCUT2D eigenvalue weighted by molar-refractivity contribution is 6.30. The molecule has 2 amide bonds. The van der Waals surface area contributed by atoms with Crippen LogP contribution in [0.15, 0.2) is 36.4 Å². The first-order valence-electron chi connectivity index (χ1n) is 8.20. The second-order valence-electron chi connectivity index (χ2n) is 6.10. The van der Waals surface area contributed by atoms with Crippen LogP contribution in [0.4, 0.5) is 24.5 Å². The monoisotopic (exact) mass is 414 g/mol. The summed E-state index contributed by atoms with van der Waals surface area (Å²) < 4.78 is 45.6. The molecule has 0 radical (unpaired) electrons. The summed E-state index contributed by atoms with van der Waals surface area (Å²) in [4.78, 5) is 23.4. The van der Waals surface area contributed by atoms with Gasteiger partial charge in [0, 0.05) is 17.6 Å². The van der Waals surface area contributed by atoms with Gasteiger partial charge in [-0.1, -0.05) is 11.6 Å². The largest absolute Gasteiger partial charge is 0.481 e. The molecule has 1 atom stereocenters. The number of nitrogens with one attached hydrogen (secondary N) is 2. The Morgan fingerprint density at radius 2 is 1.79 bits per heavy atom. The number of halogens is 4. The second kappa shape index (κ2) is 8.52. The number of benzene rings is 2. The molecule has 0 spiro atoms. The molecule has 0 saturated carbocycles. The maximum absolute atomic E-state index is 13.3. The van der Waals surface area contributed by atoms with Crippen LogP contribution in [0.3, 0.4) is 0 Å². The summed E-state index contributed by atoms with van der Waals surface area (Å²) in [5.41, 5.74) is -0.862. The molecule has 0 heterocycles. The number of hydrogen-bond donors (Lipinski definition) is 2. The van der Waals surface area contributed by atoms with Crippen LogP contribution >= 0.6 is 11.6 Å². The molecule has 0 aliphatic heterocycles. The van der Waals surface area contributed by atoms with Crippen molar-refractivity contribution in [2.75, 3.05) is 10.6 Å². The van der Waals surface area contributed by atoms with Crippen molar-refractivity contribution >= 4 is 34.8 Å². The Morgan fingerprint density at radius 3 is 2.36 bits per heavy atom. The van der Waals surface area contributed by atoms with Crippen LogP contribution in [0.1, 0.15) is 25.0 Å². The summed E-state index contributed by atoms with van der Waals surface area (Å²) in [6.45, 7) is 4.33. The highest BCUT2D eigenvalue weighted by Gasteiger charge is 2.35. The van der Waals surface area contributed by atoms with Crippen LogP contribution in [0.5, 0.6) is 5.75 Å². The van der Waals surface area contributed by atoms with E-state index in [1.54, 1.807) is 25.1 Å². The van der Waals surface area contributed by atoms with E-state index in [2.05, 4.69) is 10.6 Å². The molecule has 0 saturated heterocycles. The van der Waals surface area contributed by atoms with Crippen molar-refractivity contribution in [2.45, 2.75) is 33.1 Å². The van der Waals surface area contributed by atoms with E-state index in [1.165, 1.54) is 19.9 Å². The molecule has 0 aromatic heterocycles. The molecule has 150 valence electrons. The fourth-order valence-electron chi connectivity index (χ4n) is 2.39. The molecule has 1 unspecified atom stereocenters. The van der Waals surface area contributed by atoms with E-state index in [0.717, 1.165) is 12.1 Å². The van der Waals surface area contributed by atoms with Crippen molar-refractivity contribution in [1.29, 1.82) is 0 Å². The van der Waals surface area contributed by atoms with Crippen molar-refractivity contribution in [3.05, 3.63) is 52.5 Å². The van der Waals surface area contributed by atoms with Gasteiger partial charge in [-0.15, -0.1) is 0 Å². The maximum Gasteiger partial charge on any atom is 0.418 e. The third kappa shape index (κ3) is 5.63. The number of ether oxygens (including phenoxy) is 1. The molecule has 2 rings (SSSR count). The molecular formula is C19H18ClF3N2O3. The first-order valence-corrected chi connectivity index (χ1v) is 8.57. The third-order valence-corrected chi connectivity index (χ3v) is 3.95. The van der Waals surface area contributed by atoms with Gasteiger partial charge in [0.05, 0.1) is 11.3 Å². The number of rotatable bonds is 5. The van der Waals surface area contributed by atoms with E-state index in [0.29, 0.717) is 16.3 Å². The summed E-state index contributed by atoms with van der Waals surface area (Å²) in [6, 6.07) is 7.89. The van der Waals surface area contributed by atoms with Gasteiger partial charge in [0.25, 0.3) is 5.91 Å². The Bertz CT molecular complexity index is 900. The zero-order valence-electron chi connectivity index (χ0n) is 15.3. The van der Waals surface area contributed by atoms with Crippen LogP contribution in [-0.2, 0) is 15.8 Å². The Hall–Kier alpha value is -2.74. The average Bonchev–Trinajstić information content (AvgIpc) is 2.57. The van der Waals surface area contributed by atoms with Gasteiger partial charge in [-0.25, -0.2) is 0 Å². The van der Waals surface area contributed by atoms with Crippen molar-refractivity contribution in [1.82, 2.24) is 0 Å². The SMILES string of the molecule is CC(=O)Nc1ccc(NC(=O)C(C)Oc2ccc(Cl)cc2C)c(C(F)(F)F)c1. The predicted octanol–water partition coefficient (Wildman–Crippen LogP) is 5.03. The Morgan fingerprint density at radius 1 is 1.11 bits per heavy atom. The third-order valence-electron chi connectivity index (χ3n) is 3.71. The fraction of sp³-hybridized carbons (Fsp3) is 0.263. The standard InChI is InChI=1S/C19H18ClF3N2O3/c1-10-8-13(20)4-7-17(10)28-11(2)18(27)25-16-6-5-14(24-12(3)26)9-15(16)19(21,22)23/h4-9,11H,1-3H3,(H,24,26)(H,25,27). The molecule has 0 fully saturated rings. The smallest absolute Gasteiger partial charge is 0.418 e. The number of carbonyl (C=O) groups is 2. The number of carbonyl (C=O) groups excluding carboxylic acids is 2. The molecular weight excluding hydrogens is 397 g/mol. The van der Waals surface area contributed by atoms with Gasteiger partial charge in [-0.05, 0) is 55.8 Å². The van der Waals surface area contributed by atoms with E-state index in [9.17, 15) is 22.8 Å². The molecule has 0 aliphatic rings. The van der Waals surface area contributed by atoms with Crippen molar-refractivity contribution in [3.8, 4) is 5.75 Å². The predicted molar refractivity (Wildman–Crippen MR) is 101 cm³/mol.